The van der Waals surface area contributed by atoms with E-state index in [1.165, 1.54) is 25.7 Å². The minimum absolute atomic E-state index is 0. The Balaban J connectivity index is 0.00000162. The number of hydrogen-bond acceptors (Lipinski definition) is 0. The van der Waals surface area contributed by atoms with Gasteiger partial charge in [-0.25, -0.2) is 0 Å². The van der Waals surface area contributed by atoms with Gasteiger partial charge in [0.15, 0.2) is 0 Å². The Morgan fingerprint density at radius 3 is 2.17 bits per heavy atom. The van der Waals surface area contributed by atoms with Crippen LogP contribution in [0.4, 0.5) is 0 Å². The summed E-state index contributed by atoms with van der Waals surface area (Å²) < 4.78 is 0. The molecule has 0 nitrogen and oxygen atoms in total. The van der Waals surface area contributed by atoms with E-state index >= 15 is 0 Å². The Morgan fingerprint density at radius 2 is 1.56 bits per heavy atom. The van der Waals surface area contributed by atoms with Gasteiger partial charge in [-0.15, -0.1) is 0 Å². The maximum Gasteiger partial charge on any atom is 0.0648 e. The molecule has 2 aliphatic rings. The first-order valence-corrected chi connectivity index (χ1v) is 10.3. The van der Waals surface area contributed by atoms with Crippen LogP contribution in [0.15, 0.2) is 48.1 Å². The van der Waals surface area contributed by atoms with Crippen molar-refractivity contribution in [2.45, 2.75) is 50.4 Å². The molecule has 0 amide bonds. The van der Waals surface area contributed by atoms with E-state index in [1.54, 1.807) is 5.57 Å². The molecule has 0 aromatic heterocycles. The molecule has 0 saturated heterocycles. The zero-order valence-electron chi connectivity index (χ0n) is 11.7. The molecule has 2 rings (SSSR count). The molecule has 0 spiro atoms. The first-order chi connectivity index (χ1) is 8.06. The number of rotatable bonds is 2. The van der Waals surface area contributed by atoms with E-state index in [4.69, 9.17) is 0 Å². The second kappa shape index (κ2) is 6.22. The van der Waals surface area contributed by atoms with Gasteiger partial charge in [0.1, 0.15) is 0 Å². The summed E-state index contributed by atoms with van der Waals surface area (Å²) in [7, 11) is -1.27. The van der Waals surface area contributed by atoms with Crippen molar-refractivity contribution in [3.05, 3.63) is 48.1 Å². The fourth-order valence-corrected chi connectivity index (χ4v) is 5.35. The van der Waals surface area contributed by atoms with E-state index in [2.05, 4.69) is 62.2 Å². The van der Waals surface area contributed by atoms with Gasteiger partial charge in [-0.05, 0) is 25.7 Å². The molecule has 2 aliphatic carbocycles. The minimum atomic E-state index is -1.27. The molecule has 0 heterocycles. The molecule has 101 valence electrons. The quantitative estimate of drug-likeness (QED) is 0.483. The van der Waals surface area contributed by atoms with Crippen molar-refractivity contribution >= 4 is 8.07 Å². The third-order valence-electron chi connectivity index (χ3n) is 4.07. The van der Waals surface area contributed by atoms with Gasteiger partial charge in [-0.2, -0.15) is 0 Å². The summed E-state index contributed by atoms with van der Waals surface area (Å²) in [6.07, 6.45) is 21.5. The maximum atomic E-state index is 2.52. The molecule has 0 bridgehead atoms. The van der Waals surface area contributed by atoms with Crippen LogP contribution in [0.25, 0.3) is 0 Å². The topological polar surface area (TPSA) is 0 Å². The molecule has 0 N–H and O–H groups in total. The Hall–Kier alpha value is -0.317. The SMILES string of the molecule is C[Si](C)(C)C1(C2=CCCC=CCC2)C=CC=C1.[Co]. The predicted octanol–water partition coefficient (Wildman–Crippen LogP) is 5.25. The van der Waals surface area contributed by atoms with Gasteiger partial charge < -0.3 is 0 Å². The van der Waals surface area contributed by atoms with Gasteiger partial charge in [-0.1, -0.05) is 67.7 Å². The minimum Gasteiger partial charge on any atom is -0.0882 e. The van der Waals surface area contributed by atoms with Crippen LogP contribution in [0.2, 0.25) is 24.7 Å². The first kappa shape index (κ1) is 15.7. The van der Waals surface area contributed by atoms with E-state index in [0.29, 0.717) is 0 Å². The van der Waals surface area contributed by atoms with Crippen molar-refractivity contribution in [1.82, 2.24) is 0 Å². The van der Waals surface area contributed by atoms with Gasteiger partial charge >= 0.3 is 0 Å². The predicted molar refractivity (Wildman–Crippen MR) is 80.0 cm³/mol. The van der Waals surface area contributed by atoms with Crippen molar-refractivity contribution in [2.24, 2.45) is 0 Å². The molecule has 1 radical (unpaired) electrons. The van der Waals surface area contributed by atoms with Gasteiger partial charge in [0, 0.05) is 21.8 Å². The van der Waals surface area contributed by atoms with Crippen molar-refractivity contribution in [3.63, 3.8) is 0 Å². The van der Waals surface area contributed by atoms with Crippen LogP contribution in [-0.4, -0.2) is 8.07 Å². The van der Waals surface area contributed by atoms with Gasteiger partial charge in [0.25, 0.3) is 0 Å². The van der Waals surface area contributed by atoms with E-state index in [1.807, 2.05) is 0 Å². The van der Waals surface area contributed by atoms with Gasteiger partial charge in [0.05, 0.1) is 8.07 Å². The Kier molecular flexibility index (Phi) is 5.44. The summed E-state index contributed by atoms with van der Waals surface area (Å²) in [6, 6.07) is 0. The molecule has 0 saturated carbocycles. The molecule has 0 fully saturated rings. The Bertz CT molecular complexity index is 382. The monoisotopic (exact) mass is 303 g/mol. The summed E-state index contributed by atoms with van der Waals surface area (Å²) >= 11 is 0. The standard InChI is InChI=1S/C16H24Si.Co/c1-17(2,3)16(13-9-10-14-16)15-11-7-5-4-6-8-12-15;/h4-5,9-10,12-14H,6-8,11H2,1-3H3;. The molecule has 0 atom stereocenters. The van der Waals surface area contributed by atoms with Gasteiger partial charge in [-0.3, -0.25) is 0 Å². The maximum absolute atomic E-state index is 2.52. The second-order valence-corrected chi connectivity index (χ2v) is 11.5. The van der Waals surface area contributed by atoms with Crippen molar-refractivity contribution in [2.75, 3.05) is 0 Å². The van der Waals surface area contributed by atoms with Crippen molar-refractivity contribution in [1.29, 1.82) is 0 Å². The summed E-state index contributed by atoms with van der Waals surface area (Å²) in [4.78, 5) is 0. The Morgan fingerprint density at radius 1 is 0.944 bits per heavy atom. The van der Waals surface area contributed by atoms with Crippen LogP contribution in [0.5, 0.6) is 0 Å². The summed E-state index contributed by atoms with van der Waals surface area (Å²) in [6.45, 7) is 7.47. The molecular formula is C16H24CoSi. The molecular weight excluding hydrogens is 279 g/mol. The fraction of sp³-hybridized carbons (Fsp3) is 0.500. The van der Waals surface area contributed by atoms with Crippen LogP contribution in [-0.2, 0) is 16.8 Å². The van der Waals surface area contributed by atoms with E-state index < -0.39 is 8.07 Å². The van der Waals surface area contributed by atoms with E-state index in [9.17, 15) is 0 Å². The molecule has 0 aromatic rings. The third kappa shape index (κ3) is 2.98. The fourth-order valence-electron chi connectivity index (χ4n) is 2.97. The summed E-state index contributed by atoms with van der Waals surface area (Å²) in [5, 5.41) is 0.290. The van der Waals surface area contributed by atoms with Crippen LogP contribution in [0, 0.1) is 0 Å². The Labute approximate surface area is 123 Å². The molecule has 0 unspecified atom stereocenters. The molecule has 0 aliphatic heterocycles. The van der Waals surface area contributed by atoms with E-state index in [0.717, 1.165) is 0 Å². The first-order valence-electron chi connectivity index (χ1n) is 6.78. The second-order valence-electron chi connectivity index (χ2n) is 6.15. The third-order valence-corrected chi connectivity index (χ3v) is 7.21. The van der Waals surface area contributed by atoms with Crippen LogP contribution < -0.4 is 0 Å². The largest absolute Gasteiger partial charge is 0.0882 e. The number of allylic oxidation sites excluding steroid dienone is 8. The van der Waals surface area contributed by atoms with Crippen molar-refractivity contribution in [3.8, 4) is 0 Å². The van der Waals surface area contributed by atoms with E-state index in [-0.39, 0.29) is 21.8 Å². The average Bonchev–Trinajstić information content (AvgIpc) is 2.65. The molecule has 18 heavy (non-hydrogen) atoms. The van der Waals surface area contributed by atoms with Crippen LogP contribution in [0.1, 0.15) is 25.7 Å². The van der Waals surface area contributed by atoms with Gasteiger partial charge in [0.2, 0.25) is 0 Å². The normalized spacial score (nSPS) is 22.1. The smallest absolute Gasteiger partial charge is 0.0648 e. The zero-order valence-corrected chi connectivity index (χ0v) is 13.7. The average molecular weight is 303 g/mol. The summed E-state index contributed by atoms with van der Waals surface area (Å²) in [5.41, 5.74) is 1.67. The zero-order chi connectivity index (χ0) is 12.4. The van der Waals surface area contributed by atoms with Crippen LogP contribution in [0.3, 0.4) is 0 Å². The molecule has 2 heteroatoms. The van der Waals surface area contributed by atoms with Crippen LogP contribution >= 0.6 is 0 Å². The molecule has 0 aromatic carbocycles. The van der Waals surface area contributed by atoms with Crippen molar-refractivity contribution < 1.29 is 16.8 Å². The number of hydrogen-bond donors (Lipinski definition) is 0. The summed E-state index contributed by atoms with van der Waals surface area (Å²) in [5.74, 6) is 0.